The van der Waals surface area contributed by atoms with E-state index in [4.69, 9.17) is 0 Å². The molecule has 0 bridgehead atoms. The van der Waals surface area contributed by atoms with E-state index in [9.17, 15) is 27.9 Å². The molecule has 1 saturated heterocycles. The largest absolute Gasteiger partial charge is 0.416 e. The van der Waals surface area contributed by atoms with Crippen LogP contribution in [-0.2, 0) is 19.1 Å². The Morgan fingerprint density at radius 1 is 1.02 bits per heavy atom. The number of aliphatic hydroxyl groups is 1. The molecule has 5 aromatic rings. The van der Waals surface area contributed by atoms with E-state index in [1.165, 1.54) is 29.8 Å². The topological polar surface area (TPSA) is 120 Å². The molecule has 3 N–H and O–H groups in total. The summed E-state index contributed by atoms with van der Waals surface area (Å²) in [4.78, 5) is 43.1. The van der Waals surface area contributed by atoms with Crippen molar-refractivity contribution in [3.05, 3.63) is 135 Å². The Bertz CT molecular complexity index is 1960. The molecule has 2 aromatic heterocycles. The lowest BCUT2D eigenvalue weighted by atomic mass is 9.98. The molecule has 0 radical (unpaired) electrons. The zero-order valence-corrected chi connectivity index (χ0v) is 28.6. The van der Waals surface area contributed by atoms with Crippen molar-refractivity contribution >= 4 is 23.2 Å². The van der Waals surface area contributed by atoms with E-state index < -0.39 is 29.8 Å². The lowest BCUT2D eigenvalue weighted by Crippen LogP contribution is -2.48. The number of alkyl halides is 3. The molecule has 1 aliphatic rings. The van der Waals surface area contributed by atoms with Crippen LogP contribution < -0.4 is 10.6 Å². The van der Waals surface area contributed by atoms with Crippen LogP contribution in [0.1, 0.15) is 67.0 Å². The average molecular weight is 715 g/mol. The maximum Gasteiger partial charge on any atom is 0.416 e. The number of carbonyl (C=O) groups is 2. The van der Waals surface area contributed by atoms with Crippen LogP contribution in [0, 0.1) is 6.92 Å². The van der Waals surface area contributed by atoms with Gasteiger partial charge in [0.25, 0.3) is 11.8 Å². The monoisotopic (exact) mass is 714 g/mol. The molecule has 0 saturated carbocycles. The first kappa shape index (κ1) is 35.8. The summed E-state index contributed by atoms with van der Waals surface area (Å²) in [6, 6.07) is 18.3. The Hall–Kier alpha value is -4.98. The number of carbonyl (C=O) groups excluding carboxylic acids is 2. The maximum absolute atomic E-state index is 14.1. The maximum atomic E-state index is 14.1. The van der Waals surface area contributed by atoms with Gasteiger partial charge in [-0.25, -0.2) is 4.98 Å². The number of hydrogen-bond donors (Lipinski definition) is 3. The molecule has 3 aromatic carbocycles. The van der Waals surface area contributed by atoms with Crippen molar-refractivity contribution in [2.45, 2.75) is 57.1 Å². The van der Waals surface area contributed by atoms with Crippen LogP contribution in [0.3, 0.4) is 0 Å². The van der Waals surface area contributed by atoms with Crippen LogP contribution >= 0.6 is 11.3 Å². The fraction of sp³-hybridized carbons (Fsp3) is 0.289. The zero-order chi connectivity index (χ0) is 36.0. The number of nitrogens with zero attached hydrogens (tertiary/aromatic N) is 4. The molecular weight excluding hydrogens is 678 g/mol. The number of halogens is 3. The lowest BCUT2D eigenvalue weighted by molar-refractivity contribution is -0.137. The van der Waals surface area contributed by atoms with Gasteiger partial charge in [0, 0.05) is 59.8 Å². The molecule has 264 valence electrons. The smallest absolute Gasteiger partial charge is 0.390 e. The Morgan fingerprint density at radius 2 is 1.80 bits per heavy atom. The molecule has 6 rings (SSSR count). The summed E-state index contributed by atoms with van der Waals surface area (Å²) in [5.41, 5.74) is 2.94. The zero-order valence-electron chi connectivity index (χ0n) is 27.8. The third kappa shape index (κ3) is 9.04. The third-order valence-electron chi connectivity index (χ3n) is 8.75. The first-order valence-corrected chi connectivity index (χ1v) is 17.5. The van der Waals surface area contributed by atoms with E-state index in [0.29, 0.717) is 28.9 Å². The quantitative estimate of drug-likeness (QED) is 0.137. The second-order valence-corrected chi connectivity index (χ2v) is 13.4. The summed E-state index contributed by atoms with van der Waals surface area (Å²) in [6.45, 7) is 2.54. The van der Waals surface area contributed by atoms with Gasteiger partial charge in [-0.05, 0) is 61.6 Å². The van der Waals surface area contributed by atoms with Crippen molar-refractivity contribution in [2.24, 2.45) is 0 Å². The van der Waals surface area contributed by atoms with Crippen molar-refractivity contribution in [3.8, 4) is 11.3 Å². The number of hydrogen-bond acceptors (Lipinski definition) is 8. The summed E-state index contributed by atoms with van der Waals surface area (Å²) in [7, 11) is 0. The van der Waals surface area contributed by atoms with E-state index >= 15 is 0 Å². The predicted molar refractivity (Wildman–Crippen MR) is 188 cm³/mol. The third-order valence-corrected chi connectivity index (χ3v) is 9.82. The summed E-state index contributed by atoms with van der Waals surface area (Å²) in [6.07, 6.45) is 0.932. The number of thiazole rings is 1. The first-order valence-electron chi connectivity index (χ1n) is 16.6. The minimum absolute atomic E-state index is 0.00994. The molecule has 3 atom stereocenters. The second kappa shape index (κ2) is 15.9. The van der Waals surface area contributed by atoms with Crippen molar-refractivity contribution in [1.82, 2.24) is 30.5 Å². The molecule has 51 heavy (non-hydrogen) atoms. The molecule has 13 heteroatoms. The summed E-state index contributed by atoms with van der Waals surface area (Å²) in [5.74, 6) is -0.744. The molecule has 1 fully saturated rings. The number of amides is 2. The molecule has 9 nitrogen and oxygen atoms in total. The fourth-order valence-electron chi connectivity index (χ4n) is 6.20. The molecule has 3 heterocycles. The van der Waals surface area contributed by atoms with Gasteiger partial charge in [0.1, 0.15) is 5.01 Å². The van der Waals surface area contributed by atoms with Crippen LogP contribution in [-0.4, -0.2) is 62.0 Å². The summed E-state index contributed by atoms with van der Waals surface area (Å²) in [5, 5.41) is 20.2. The van der Waals surface area contributed by atoms with Gasteiger partial charge < -0.3 is 20.6 Å². The molecule has 2 amide bonds. The Balaban J connectivity index is 1.24. The number of benzene rings is 3. The van der Waals surface area contributed by atoms with Crippen molar-refractivity contribution in [2.75, 3.05) is 13.1 Å². The van der Waals surface area contributed by atoms with Gasteiger partial charge in [0.15, 0.2) is 0 Å². The number of aryl methyl sites for hydroxylation is 1. The van der Waals surface area contributed by atoms with Crippen molar-refractivity contribution < 1.29 is 27.9 Å². The highest BCUT2D eigenvalue weighted by Gasteiger charge is 2.34. The van der Waals surface area contributed by atoms with Crippen LogP contribution in [0.25, 0.3) is 11.3 Å². The van der Waals surface area contributed by atoms with E-state index in [2.05, 4.69) is 25.6 Å². The summed E-state index contributed by atoms with van der Waals surface area (Å²) < 4.78 is 39.7. The second-order valence-electron chi connectivity index (χ2n) is 12.5. The van der Waals surface area contributed by atoms with Crippen molar-refractivity contribution in [3.63, 3.8) is 0 Å². The molecular formula is C38H37F3N6O3S. The van der Waals surface area contributed by atoms with Gasteiger partial charge in [0.2, 0.25) is 0 Å². The first-order chi connectivity index (χ1) is 24.5. The van der Waals surface area contributed by atoms with Gasteiger partial charge in [-0.15, -0.1) is 11.3 Å². The van der Waals surface area contributed by atoms with Gasteiger partial charge in [0.05, 0.1) is 35.6 Å². The Morgan fingerprint density at radius 3 is 2.53 bits per heavy atom. The number of nitrogens with one attached hydrogen (secondary N) is 2. The van der Waals surface area contributed by atoms with Crippen LogP contribution in [0.15, 0.2) is 96.8 Å². The van der Waals surface area contributed by atoms with Gasteiger partial charge in [-0.1, -0.05) is 48.5 Å². The number of aromatic nitrogens is 3. The van der Waals surface area contributed by atoms with E-state index in [1.807, 2.05) is 42.6 Å². The number of rotatable bonds is 12. The molecule has 0 spiro atoms. The average Bonchev–Trinajstić information content (AvgIpc) is 3.80. The van der Waals surface area contributed by atoms with Crippen molar-refractivity contribution in [1.29, 1.82) is 0 Å². The highest BCUT2D eigenvalue weighted by Crippen LogP contribution is 2.35. The standard InChI is InChI=1S/C38H37F3N6O3S/c1-24-23-51-36(45-24)33-11-6-14-47(33)37(50)29-18-27(32-21-42-12-13-44-32)17-28(19-29)35(49)46-31(16-25-7-3-2-4-8-25)34(48)22-43-20-26-9-5-10-30(15-26)38(39,40)41/h2-5,7-10,12-13,15,17-19,21,23,31,33-34,43,48H,6,11,14,16,20,22H2,1H3,(H,46,49)/t31-,33+,34+/m0/s1. The highest BCUT2D eigenvalue weighted by atomic mass is 32.1. The van der Waals surface area contributed by atoms with Crippen LogP contribution in [0.4, 0.5) is 13.2 Å². The highest BCUT2D eigenvalue weighted by molar-refractivity contribution is 7.09. The lowest BCUT2D eigenvalue weighted by Gasteiger charge is -2.26. The van der Waals surface area contributed by atoms with Gasteiger partial charge in [-0.2, -0.15) is 13.2 Å². The molecule has 0 unspecified atom stereocenters. The SMILES string of the molecule is Cc1csc([C@H]2CCCN2C(=O)c2cc(C(=O)N[C@@H](Cc3ccccc3)[C@H](O)CNCc3cccc(C(F)(F)F)c3)cc(-c3cnccn3)c2)n1. The minimum atomic E-state index is -4.47. The van der Waals surface area contributed by atoms with E-state index in [-0.39, 0.29) is 37.0 Å². The van der Waals surface area contributed by atoms with Gasteiger partial charge >= 0.3 is 6.18 Å². The normalized spacial score (nSPS) is 15.8. The van der Waals surface area contributed by atoms with E-state index in [0.717, 1.165) is 41.2 Å². The van der Waals surface area contributed by atoms with Crippen LogP contribution in [0.2, 0.25) is 0 Å². The minimum Gasteiger partial charge on any atom is -0.390 e. The fourth-order valence-corrected chi connectivity index (χ4v) is 7.15. The summed E-state index contributed by atoms with van der Waals surface area (Å²) >= 11 is 1.53. The Kier molecular flexibility index (Phi) is 11.2. The predicted octanol–water partition coefficient (Wildman–Crippen LogP) is 6.40. The molecule has 1 aliphatic heterocycles. The number of aliphatic hydroxyl groups excluding tert-OH is 1. The Labute approximate surface area is 297 Å². The number of likely N-dealkylation sites (tertiary alicyclic amines) is 1. The molecule has 0 aliphatic carbocycles. The van der Waals surface area contributed by atoms with Crippen LogP contribution in [0.5, 0.6) is 0 Å². The van der Waals surface area contributed by atoms with Gasteiger partial charge in [-0.3, -0.25) is 19.6 Å². The van der Waals surface area contributed by atoms with E-state index in [1.54, 1.807) is 35.4 Å².